The van der Waals surface area contributed by atoms with Gasteiger partial charge in [-0.1, -0.05) is 31.5 Å². The average molecular weight is 186 g/mol. The van der Waals surface area contributed by atoms with Gasteiger partial charge in [0.05, 0.1) is 5.52 Å². The molecule has 0 radical (unpaired) electrons. The van der Waals surface area contributed by atoms with Crippen molar-refractivity contribution in [1.29, 1.82) is 0 Å². The van der Waals surface area contributed by atoms with Crippen LogP contribution in [-0.4, -0.2) is 4.98 Å². The van der Waals surface area contributed by atoms with E-state index in [1.54, 1.807) is 0 Å². The second-order valence-corrected chi connectivity index (χ2v) is 3.47. The lowest BCUT2D eigenvalue weighted by Crippen LogP contribution is -1.95. The first-order valence-electron chi connectivity index (χ1n) is 4.95. The van der Waals surface area contributed by atoms with Crippen molar-refractivity contribution in [3.8, 4) is 0 Å². The van der Waals surface area contributed by atoms with Crippen molar-refractivity contribution in [3.63, 3.8) is 0 Å². The van der Waals surface area contributed by atoms with Crippen LogP contribution in [0.5, 0.6) is 0 Å². The number of hydrogen-bond acceptors (Lipinski definition) is 2. The molecule has 72 valence electrons. The van der Waals surface area contributed by atoms with E-state index in [0.717, 1.165) is 35.1 Å². The fourth-order valence-electron chi connectivity index (χ4n) is 1.64. The molecule has 0 unspecified atom stereocenters. The first-order chi connectivity index (χ1) is 6.81. The lowest BCUT2D eigenvalue weighted by molar-refractivity contribution is 0.890. The topological polar surface area (TPSA) is 38.9 Å². The van der Waals surface area contributed by atoms with Gasteiger partial charge in [0.15, 0.2) is 0 Å². The molecule has 1 aromatic heterocycles. The van der Waals surface area contributed by atoms with E-state index in [2.05, 4.69) is 11.9 Å². The van der Waals surface area contributed by atoms with Crippen LogP contribution in [0.2, 0.25) is 0 Å². The summed E-state index contributed by atoms with van der Waals surface area (Å²) >= 11 is 0. The van der Waals surface area contributed by atoms with Crippen molar-refractivity contribution in [2.75, 3.05) is 5.73 Å². The van der Waals surface area contributed by atoms with Gasteiger partial charge in [-0.05, 0) is 18.6 Å². The number of rotatable bonds is 2. The Hall–Kier alpha value is -1.57. The molecule has 0 aliphatic heterocycles. The molecule has 2 N–H and O–H groups in total. The summed E-state index contributed by atoms with van der Waals surface area (Å²) in [6.45, 7) is 2.15. The Bertz CT molecular complexity index is 449. The molecule has 14 heavy (non-hydrogen) atoms. The molecule has 0 amide bonds. The molecular weight excluding hydrogens is 172 g/mol. The molecule has 0 saturated heterocycles. The van der Waals surface area contributed by atoms with Gasteiger partial charge in [-0.2, -0.15) is 0 Å². The number of nitrogen functional groups attached to an aromatic ring is 1. The minimum Gasteiger partial charge on any atom is -0.398 e. The van der Waals surface area contributed by atoms with E-state index in [-0.39, 0.29) is 0 Å². The molecule has 0 atom stereocenters. The third kappa shape index (κ3) is 1.55. The molecule has 1 aromatic carbocycles. The van der Waals surface area contributed by atoms with Crippen LogP contribution in [0, 0.1) is 0 Å². The lowest BCUT2D eigenvalue weighted by Gasteiger charge is -2.04. The highest BCUT2D eigenvalue weighted by Crippen LogP contribution is 2.20. The Kier molecular flexibility index (Phi) is 2.35. The summed E-state index contributed by atoms with van der Waals surface area (Å²) < 4.78 is 0. The molecule has 0 fully saturated rings. The van der Waals surface area contributed by atoms with Crippen molar-refractivity contribution < 1.29 is 0 Å². The van der Waals surface area contributed by atoms with Crippen LogP contribution in [0.15, 0.2) is 30.3 Å². The highest BCUT2D eigenvalue weighted by Gasteiger charge is 2.01. The number of anilines is 1. The van der Waals surface area contributed by atoms with Crippen molar-refractivity contribution in [2.45, 2.75) is 19.8 Å². The fourth-order valence-corrected chi connectivity index (χ4v) is 1.64. The normalized spacial score (nSPS) is 10.6. The molecule has 0 saturated carbocycles. The van der Waals surface area contributed by atoms with E-state index in [9.17, 15) is 0 Å². The highest BCUT2D eigenvalue weighted by atomic mass is 14.7. The number of aryl methyl sites for hydroxylation is 1. The van der Waals surface area contributed by atoms with Gasteiger partial charge in [0, 0.05) is 16.8 Å². The average Bonchev–Trinajstić information content (AvgIpc) is 2.18. The summed E-state index contributed by atoms with van der Waals surface area (Å²) in [5.41, 5.74) is 8.86. The first-order valence-corrected chi connectivity index (χ1v) is 4.95. The number of fused-ring (bicyclic) bond motifs is 1. The van der Waals surface area contributed by atoms with E-state index in [4.69, 9.17) is 5.73 Å². The molecule has 0 aliphatic carbocycles. The zero-order valence-corrected chi connectivity index (χ0v) is 8.33. The summed E-state index contributed by atoms with van der Waals surface area (Å²) in [4.78, 5) is 4.55. The third-order valence-corrected chi connectivity index (χ3v) is 2.31. The van der Waals surface area contributed by atoms with Gasteiger partial charge in [-0.25, -0.2) is 0 Å². The van der Waals surface area contributed by atoms with Crippen molar-refractivity contribution >= 4 is 16.6 Å². The number of nitrogens with two attached hydrogens (primary N) is 1. The van der Waals surface area contributed by atoms with E-state index in [1.165, 1.54) is 0 Å². The van der Waals surface area contributed by atoms with Crippen molar-refractivity contribution in [1.82, 2.24) is 4.98 Å². The standard InChI is InChI=1S/C12H14N2/c1-2-5-9-8-11(13)10-6-3-4-7-12(10)14-9/h3-4,6-8H,2,5H2,1H3,(H2,13,14). The van der Waals surface area contributed by atoms with Gasteiger partial charge in [0.2, 0.25) is 0 Å². The number of nitrogens with zero attached hydrogens (tertiary/aromatic N) is 1. The maximum absolute atomic E-state index is 5.95. The minimum atomic E-state index is 0.832. The summed E-state index contributed by atoms with van der Waals surface area (Å²) in [6.07, 6.45) is 2.10. The van der Waals surface area contributed by atoms with Gasteiger partial charge in [-0.15, -0.1) is 0 Å². The number of hydrogen-bond donors (Lipinski definition) is 1. The Morgan fingerprint density at radius 2 is 2.07 bits per heavy atom. The second kappa shape index (κ2) is 3.66. The lowest BCUT2D eigenvalue weighted by atomic mass is 10.1. The predicted molar refractivity (Wildman–Crippen MR) is 60.2 cm³/mol. The fraction of sp³-hybridized carbons (Fsp3) is 0.250. The van der Waals surface area contributed by atoms with Crippen molar-refractivity contribution in [2.24, 2.45) is 0 Å². The van der Waals surface area contributed by atoms with Crippen molar-refractivity contribution in [3.05, 3.63) is 36.0 Å². The monoisotopic (exact) mass is 186 g/mol. The van der Waals surface area contributed by atoms with Crippen LogP contribution in [0.3, 0.4) is 0 Å². The van der Waals surface area contributed by atoms with Gasteiger partial charge >= 0.3 is 0 Å². The maximum Gasteiger partial charge on any atom is 0.0725 e. The second-order valence-electron chi connectivity index (χ2n) is 3.47. The molecule has 2 heteroatoms. The zero-order valence-electron chi connectivity index (χ0n) is 8.33. The Labute approximate surface area is 83.8 Å². The molecule has 1 heterocycles. The third-order valence-electron chi connectivity index (χ3n) is 2.31. The van der Waals surface area contributed by atoms with Crippen LogP contribution in [0.4, 0.5) is 5.69 Å². The number of para-hydroxylation sites is 1. The molecule has 0 spiro atoms. The van der Waals surface area contributed by atoms with Gasteiger partial charge in [0.25, 0.3) is 0 Å². The van der Waals surface area contributed by atoms with Crippen LogP contribution < -0.4 is 5.73 Å². The Morgan fingerprint density at radius 3 is 2.86 bits per heavy atom. The highest BCUT2D eigenvalue weighted by molar-refractivity contribution is 5.90. The van der Waals surface area contributed by atoms with Crippen LogP contribution in [0.1, 0.15) is 19.0 Å². The Balaban J connectivity index is 2.60. The summed E-state index contributed by atoms with van der Waals surface area (Å²) in [5.74, 6) is 0. The van der Waals surface area contributed by atoms with E-state index in [1.807, 2.05) is 30.3 Å². The van der Waals surface area contributed by atoms with Crippen LogP contribution >= 0.6 is 0 Å². The van der Waals surface area contributed by atoms with Crippen LogP contribution in [0.25, 0.3) is 10.9 Å². The quantitative estimate of drug-likeness (QED) is 0.783. The first kappa shape index (κ1) is 9.00. The summed E-state index contributed by atoms with van der Waals surface area (Å²) in [7, 11) is 0. The van der Waals surface area contributed by atoms with E-state index >= 15 is 0 Å². The Morgan fingerprint density at radius 1 is 1.29 bits per heavy atom. The molecular formula is C12H14N2. The number of pyridine rings is 1. The smallest absolute Gasteiger partial charge is 0.0725 e. The SMILES string of the molecule is CCCc1cc(N)c2ccccc2n1. The molecule has 2 nitrogen and oxygen atoms in total. The van der Waals surface area contributed by atoms with E-state index in [0.29, 0.717) is 0 Å². The largest absolute Gasteiger partial charge is 0.398 e. The minimum absolute atomic E-state index is 0.832. The van der Waals surface area contributed by atoms with Gasteiger partial charge in [-0.3, -0.25) is 4.98 Å². The van der Waals surface area contributed by atoms with E-state index < -0.39 is 0 Å². The predicted octanol–water partition coefficient (Wildman–Crippen LogP) is 2.77. The van der Waals surface area contributed by atoms with Gasteiger partial charge < -0.3 is 5.73 Å². The maximum atomic E-state index is 5.95. The zero-order chi connectivity index (χ0) is 9.97. The molecule has 2 aromatic rings. The van der Waals surface area contributed by atoms with Gasteiger partial charge in [0.1, 0.15) is 0 Å². The van der Waals surface area contributed by atoms with Crippen LogP contribution in [-0.2, 0) is 6.42 Å². The summed E-state index contributed by atoms with van der Waals surface area (Å²) in [6, 6.07) is 9.97. The molecule has 0 aliphatic rings. The number of benzene rings is 1. The molecule has 0 bridgehead atoms. The number of aromatic nitrogens is 1. The molecule has 2 rings (SSSR count). The summed E-state index contributed by atoms with van der Waals surface area (Å²) in [5, 5.41) is 1.05.